The summed E-state index contributed by atoms with van der Waals surface area (Å²) in [6.07, 6.45) is 0.763. The van der Waals surface area contributed by atoms with Crippen molar-refractivity contribution in [1.29, 1.82) is 0 Å². The van der Waals surface area contributed by atoms with Crippen LogP contribution < -0.4 is 4.72 Å². The van der Waals surface area contributed by atoms with Gasteiger partial charge in [-0.1, -0.05) is 32.0 Å². The predicted molar refractivity (Wildman–Crippen MR) is 84.5 cm³/mol. The Morgan fingerprint density at radius 3 is 2.38 bits per heavy atom. The van der Waals surface area contributed by atoms with Crippen LogP contribution in [0.3, 0.4) is 0 Å². The summed E-state index contributed by atoms with van der Waals surface area (Å²) in [5.41, 5.74) is 0.415. The molecule has 1 rings (SSSR count). The van der Waals surface area contributed by atoms with Crippen molar-refractivity contribution in [2.75, 3.05) is 20.6 Å². The number of hydrogen-bond acceptors (Lipinski definition) is 4. The van der Waals surface area contributed by atoms with Crippen LogP contribution in [0.5, 0.6) is 0 Å². The minimum atomic E-state index is -3.63. The van der Waals surface area contributed by atoms with Crippen molar-refractivity contribution in [2.45, 2.75) is 37.8 Å². The van der Waals surface area contributed by atoms with E-state index in [1.807, 2.05) is 19.0 Å². The SMILES string of the molecule is CC(C)CC(CN(C)C)NS(=O)(=O)c1ccccc1CO. The smallest absolute Gasteiger partial charge is 0.241 e. The molecule has 0 spiro atoms. The summed E-state index contributed by atoms with van der Waals surface area (Å²) in [5, 5.41) is 9.31. The Balaban J connectivity index is 2.99. The zero-order valence-electron chi connectivity index (χ0n) is 13.2. The fraction of sp³-hybridized carbons (Fsp3) is 0.600. The van der Waals surface area contributed by atoms with Gasteiger partial charge in [-0.25, -0.2) is 13.1 Å². The van der Waals surface area contributed by atoms with Gasteiger partial charge in [0.2, 0.25) is 10.0 Å². The molecule has 0 bridgehead atoms. The molecule has 0 heterocycles. The molecule has 0 amide bonds. The molecule has 6 heteroatoms. The predicted octanol–water partition coefficient (Wildman–Crippen LogP) is 1.43. The highest BCUT2D eigenvalue weighted by Gasteiger charge is 2.23. The summed E-state index contributed by atoms with van der Waals surface area (Å²) in [4.78, 5) is 2.12. The highest BCUT2D eigenvalue weighted by Crippen LogP contribution is 2.17. The van der Waals surface area contributed by atoms with Crippen LogP contribution in [0.25, 0.3) is 0 Å². The van der Waals surface area contributed by atoms with Gasteiger partial charge in [0.1, 0.15) is 0 Å². The maximum Gasteiger partial charge on any atom is 0.241 e. The molecular weight excluding hydrogens is 288 g/mol. The minimum absolute atomic E-state index is 0.153. The lowest BCUT2D eigenvalue weighted by molar-refractivity contribution is 0.278. The molecule has 1 aromatic carbocycles. The van der Waals surface area contributed by atoms with Crippen molar-refractivity contribution in [1.82, 2.24) is 9.62 Å². The number of nitrogens with zero attached hydrogens (tertiary/aromatic N) is 1. The Morgan fingerprint density at radius 1 is 1.24 bits per heavy atom. The van der Waals surface area contributed by atoms with Gasteiger partial charge in [0.05, 0.1) is 11.5 Å². The first-order valence-electron chi connectivity index (χ1n) is 7.12. The highest BCUT2D eigenvalue weighted by molar-refractivity contribution is 7.89. The first-order chi connectivity index (χ1) is 9.76. The molecule has 0 saturated heterocycles. The third kappa shape index (κ3) is 5.74. The normalized spacial score (nSPS) is 13.9. The first-order valence-corrected chi connectivity index (χ1v) is 8.60. The van der Waals surface area contributed by atoms with Gasteiger partial charge in [0.15, 0.2) is 0 Å². The fourth-order valence-electron chi connectivity index (χ4n) is 2.35. The monoisotopic (exact) mass is 314 g/mol. The number of aliphatic hydroxyl groups is 1. The van der Waals surface area contributed by atoms with Crippen LogP contribution in [0, 0.1) is 5.92 Å². The van der Waals surface area contributed by atoms with E-state index in [1.165, 1.54) is 6.07 Å². The lowest BCUT2D eigenvalue weighted by Crippen LogP contribution is -2.42. The molecule has 0 aliphatic rings. The van der Waals surface area contributed by atoms with E-state index in [9.17, 15) is 13.5 Å². The summed E-state index contributed by atoms with van der Waals surface area (Å²) in [5.74, 6) is 0.394. The molecule has 5 nitrogen and oxygen atoms in total. The van der Waals surface area contributed by atoms with Crippen LogP contribution in [-0.4, -0.2) is 45.1 Å². The van der Waals surface area contributed by atoms with Crippen LogP contribution in [0.2, 0.25) is 0 Å². The largest absolute Gasteiger partial charge is 0.392 e. The Labute approximate surface area is 128 Å². The van der Waals surface area contributed by atoms with Gasteiger partial charge in [-0.3, -0.25) is 0 Å². The van der Waals surface area contributed by atoms with E-state index in [1.54, 1.807) is 18.2 Å². The molecule has 2 N–H and O–H groups in total. The molecule has 0 aliphatic heterocycles. The molecule has 0 aliphatic carbocycles. The number of rotatable bonds is 8. The van der Waals surface area contributed by atoms with Gasteiger partial charge < -0.3 is 10.0 Å². The minimum Gasteiger partial charge on any atom is -0.392 e. The summed E-state index contributed by atoms with van der Waals surface area (Å²) in [6, 6.07) is 6.37. The summed E-state index contributed by atoms with van der Waals surface area (Å²) < 4.78 is 27.9. The van der Waals surface area contributed by atoms with Gasteiger partial charge in [-0.15, -0.1) is 0 Å². The molecule has 0 aromatic heterocycles. The summed E-state index contributed by atoms with van der Waals surface area (Å²) >= 11 is 0. The molecule has 1 atom stereocenters. The maximum atomic E-state index is 12.5. The van der Waals surface area contributed by atoms with Crippen molar-refractivity contribution in [3.8, 4) is 0 Å². The van der Waals surface area contributed by atoms with E-state index >= 15 is 0 Å². The Morgan fingerprint density at radius 2 is 1.86 bits per heavy atom. The van der Waals surface area contributed by atoms with E-state index < -0.39 is 10.0 Å². The number of aliphatic hydroxyl groups excluding tert-OH is 1. The average Bonchev–Trinajstić information content (AvgIpc) is 2.36. The molecule has 120 valence electrons. The zero-order valence-corrected chi connectivity index (χ0v) is 14.0. The van der Waals surface area contributed by atoms with Crippen LogP contribution in [0.15, 0.2) is 29.2 Å². The third-order valence-electron chi connectivity index (χ3n) is 3.10. The van der Waals surface area contributed by atoms with Crippen molar-refractivity contribution >= 4 is 10.0 Å². The third-order valence-corrected chi connectivity index (χ3v) is 4.72. The number of sulfonamides is 1. The fourth-order valence-corrected chi connectivity index (χ4v) is 3.82. The Bertz CT molecular complexity index is 532. The standard InChI is InChI=1S/C15H26N2O3S/c1-12(2)9-14(10-17(3)4)16-21(19,20)15-8-6-5-7-13(15)11-18/h5-8,12,14,16,18H,9-11H2,1-4H3. The first kappa shape index (κ1) is 18.1. The van der Waals surface area contributed by atoms with Crippen molar-refractivity contribution in [2.24, 2.45) is 5.92 Å². The van der Waals surface area contributed by atoms with Crippen molar-refractivity contribution < 1.29 is 13.5 Å². The van der Waals surface area contributed by atoms with Gasteiger partial charge in [-0.2, -0.15) is 0 Å². The van der Waals surface area contributed by atoms with Crippen LogP contribution >= 0.6 is 0 Å². The molecule has 0 fully saturated rings. The Hall–Kier alpha value is -0.950. The highest BCUT2D eigenvalue weighted by atomic mass is 32.2. The van der Waals surface area contributed by atoms with Crippen LogP contribution in [0.1, 0.15) is 25.8 Å². The van der Waals surface area contributed by atoms with Crippen LogP contribution in [0.4, 0.5) is 0 Å². The second kappa shape index (κ2) is 7.89. The number of nitrogens with one attached hydrogen (secondary N) is 1. The van der Waals surface area contributed by atoms with E-state index in [0.717, 1.165) is 6.42 Å². The topological polar surface area (TPSA) is 69.6 Å². The second-order valence-electron chi connectivity index (χ2n) is 5.98. The van der Waals surface area contributed by atoms with Crippen LogP contribution in [-0.2, 0) is 16.6 Å². The van der Waals surface area contributed by atoms with E-state index in [2.05, 4.69) is 18.6 Å². The molecule has 21 heavy (non-hydrogen) atoms. The number of hydrogen-bond donors (Lipinski definition) is 2. The maximum absolute atomic E-state index is 12.5. The summed E-state index contributed by atoms with van der Waals surface area (Å²) in [6.45, 7) is 4.48. The van der Waals surface area contributed by atoms with E-state index in [4.69, 9.17) is 0 Å². The molecule has 0 saturated carbocycles. The van der Waals surface area contributed by atoms with E-state index in [-0.39, 0.29) is 17.5 Å². The van der Waals surface area contributed by atoms with Crippen molar-refractivity contribution in [3.05, 3.63) is 29.8 Å². The van der Waals surface area contributed by atoms with Gasteiger partial charge in [0.25, 0.3) is 0 Å². The van der Waals surface area contributed by atoms with Gasteiger partial charge in [0, 0.05) is 12.6 Å². The quantitative estimate of drug-likeness (QED) is 0.762. The molecule has 1 unspecified atom stereocenters. The van der Waals surface area contributed by atoms with Gasteiger partial charge >= 0.3 is 0 Å². The zero-order chi connectivity index (χ0) is 16.0. The lowest BCUT2D eigenvalue weighted by Gasteiger charge is -2.24. The molecule has 0 radical (unpaired) electrons. The molecular formula is C15H26N2O3S. The average molecular weight is 314 g/mol. The number of likely N-dealkylation sites (N-methyl/N-ethyl adjacent to an activating group) is 1. The lowest BCUT2D eigenvalue weighted by atomic mass is 10.0. The summed E-state index contributed by atoms with van der Waals surface area (Å²) in [7, 11) is 0.210. The van der Waals surface area contributed by atoms with Gasteiger partial charge in [-0.05, 0) is 38.1 Å². The Kier molecular flexibility index (Phi) is 6.80. The molecule has 1 aromatic rings. The van der Waals surface area contributed by atoms with E-state index in [0.29, 0.717) is 18.0 Å². The second-order valence-corrected chi connectivity index (χ2v) is 7.66. The number of benzene rings is 1. The van der Waals surface area contributed by atoms with Crippen molar-refractivity contribution in [3.63, 3.8) is 0 Å².